The number of aliphatic hydroxyl groups excluding tert-OH is 3. The van der Waals surface area contributed by atoms with Crippen molar-refractivity contribution in [2.45, 2.75) is 83.1 Å². The van der Waals surface area contributed by atoms with Gasteiger partial charge in [0.05, 0.1) is 19.8 Å². The van der Waals surface area contributed by atoms with Crippen LogP contribution in [0.25, 0.3) is 47.9 Å². The third kappa shape index (κ3) is 226. The summed E-state index contributed by atoms with van der Waals surface area (Å²) in [5.41, 5.74) is 40.5. The number of carbonyl (C=O) groups excluding carboxylic acids is 6. The number of carbonyl (C=O) groups is 6. The molecule has 3 N–H and O–H groups in total. The van der Waals surface area contributed by atoms with E-state index in [1.807, 2.05) is 0 Å². The summed E-state index contributed by atoms with van der Waals surface area (Å²) < 4.78 is 0. The first-order valence-electron chi connectivity index (χ1n) is 25.7. The van der Waals surface area contributed by atoms with Crippen molar-refractivity contribution in [3.8, 4) is 0 Å². The van der Waals surface area contributed by atoms with E-state index in [0.29, 0.717) is 78.5 Å². The SMILES string of the molecule is CC(C)C(=O)[O-].CC(C)C(=O)[O-].CC(C)C(=O)[O-].CC(C)C(=O)[O-].CC(C)C(=O)[O-].CC(C)C(=O)[O-].[Fe+3].[Fe+3].[Fe+3].[Fe+3].[Fe+3].[Fe+4].[Fe+4].[Fe+4].[N-]=[N+]=[N-].[N-]=[N+]=[N-].[N-]=[N+]=[N-].[O-2].[O-2].[O-2].[O-]CCN(CC[O-])CCO.[O-]CCN(CC[O-])CCO.[O-]CCN(CC[O-])CCO.[O-]CCN(CC[O-])CC[O-]. The third-order valence-corrected chi connectivity index (χ3v) is 7.74. The molecule has 0 bridgehead atoms. The molecule has 0 atom stereocenters. The van der Waals surface area contributed by atoms with Crippen molar-refractivity contribution in [1.29, 1.82) is 0 Å². The normalized spacial score (nSPS) is 8.19. The molecule has 573 valence electrons. The van der Waals surface area contributed by atoms with Crippen LogP contribution in [-0.2, 0) is 182 Å². The van der Waals surface area contributed by atoms with E-state index in [1.165, 1.54) is 14.7 Å². The molecule has 96 heavy (non-hydrogen) atoms. The molecular weight excluding hydrogens is 1640 g/mol. The Morgan fingerprint density at radius 3 is 0.375 bits per heavy atom. The average Bonchev–Trinajstić information content (AvgIpc) is 3.39. The van der Waals surface area contributed by atoms with E-state index in [-0.39, 0.29) is 268 Å². The first kappa shape index (κ1) is 166. The van der Waals surface area contributed by atoms with Crippen LogP contribution >= 0.6 is 0 Å². The van der Waals surface area contributed by atoms with Crippen molar-refractivity contribution in [1.82, 2.24) is 19.6 Å². The second kappa shape index (κ2) is 148. The molecule has 0 rings (SSSR count). The molecule has 0 saturated heterocycles. The van der Waals surface area contributed by atoms with E-state index in [4.69, 9.17) is 48.5 Å². The van der Waals surface area contributed by atoms with Gasteiger partial charge in [-0.25, -0.2) is 0 Å². The van der Waals surface area contributed by atoms with Gasteiger partial charge in [-0.15, -0.1) is 59.5 Å². The first-order valence-corrected chi connectivity index (χ1v) is 25.7. The zero-order valence-corrected chi connectivity index (χ0v) is 64.0. The molecule has 0 fully saturated rings. The van der Waals surface area contributed by atoms with Gasteiger partial charge in [0.25, 0.3) is 0 Å². The molecule has 0 unspecified atom stereocenters. The summed E-state index contributed by atoms with van der Waals surface area (Å²) in [5.74, 6) is -8.00. The van der Waals surface area contributed by atoms with Gasteiger partial charge in [-0.1, -0.05) is 83.1 Å². The monoisotopic (exact) mass is 1730 g/mol. The van der Waals surface area contributed by atoms with Crippen LogP contribution in [0.5, 0.6) is 0 Å². The van der Waals surface area contributed by atoms with Gasteiger partial charge in [0.1, 0.15) is 0 Å². The smallest absolute Gasteiger partial charge is 2.00 e. The zero-order chi connectivity index (χ0) is 70.3. The molecule has 0 heterocycles. The van der Waals surface area contributed by atoms with Crippen molar-refractivity contribution in [3.05, 3.63) is 47.9 Å². The largest absolute Gasteiger partial charge is 4.00 e. The quantitative estimate of drug-likeness (QED) is 0.0260. The van der Waals surface area contributed by atoms with E-state index < -0.39 is 35.8 Å². The van der Waals surface area contributed by atoms with Gasteiger partial charge in [-0.2, -0.15) is 0 Å². The molecule has 0 aliphatic rings. The molecule has 0 aromatic carbocycles. The number of hydrogen-bond acceptors (Lipinski definition) is 28. The predicted octanol–water partition coefficient (Wildman–Crippen LogP) is -14.1. The Morgan fingerprint density at radius 1 is 0.271 bits per heavy atom. The maximum Gasteiger partial charge on any atom is 4.00 e. The fraction of sp³-hybridized carbons (Fsp3) is 0.875. The molecule has 0 aromatic rings. The van der Waals surface area contributed by atoms with Crippen molar-refractivity contribution < 1.29 is 274 Å². The van der Waals surface area contributed by atoms with E-state index in [9.17, 15) is 105 Å². The Morgan fingerprint density at radius 2 is 0.333 bits per heavy atom. The van der Waals surface area contributed by atoms with Gasteiger partial charge in [-0.05, 0) is 94.4 Å². The summed E-state index contributed by atoms with van der Waals surface area (Å²) in [6, 6.07) is 0. The summed E-state index contributed by atoms with van der Waals surface area (Å²) in [7, 11) is 0. The van der Waals surface area contributed by atoms with Crippen molar-refractivity contribution in [3.63, 3.8) is 0 Å². The Bertz CT molecular complexity index is 1260. The average molecular weight is 1730 g/mol. The van der Waals surface area contributed by atoms with Crippen LogP contribution in [0, 0.1) is 35.5 Å². The molecule has 0 saturated carbocycles. The van der Waals surface area contributed by atoms with Crippen LogP contribution in [0.2, 0.25) is 0 Å². The van der Waals surface area contributed by atoms with Crippen LogP contribution in [0.15, 0.2) is 0 Å². The predicted molar refractivity (Wildman–Crippen MR) is 282 cm³/mol. The maximum absolute atomic E-state index is 10.1. The summed E-state index contributed by atoms with van der Waals surface area (Å²) >= 11 is 0. The molecule has 0 aliphatic carbocycles. The summed E-state index contributed by atoms with van der Waals surface area (Å²) in [6.45, 7) is 21.5. The first-order chi connectivity index (χ1) is 39.5. The molecule has 40 nitrogen and oxygen atoms in total. The van der Waals surface area contributed by atoms with E-state index in [2.05, 4.69) is 0 Å². The van der Waals surface area contributed by atoms with E-state index >= 15 is 0 Å². The molecule has 0 spiro atoms. The minimum absolute atomic E-state index is 0. The molecule has 0 aromatic heterocycles. The van der Waals surface area contributed by atoms with Gasteiger partial charge in [-0.3, -0.25) is 14.7 Å². The Labute approximate surface area is 648 Å². The molecule has 0 amide bonds. The Balaban J connectivity index is -0.0000000267. The third-order valence-electron chi connectivity index (χ3n) is 7.74. The number of carboxylic acid groups (broad SMARTS) is 6. The van der Waals surface area contributed by atoms with Gasteiger partial charge in [0, 0.05) is 55.5 Å². The fourth-order valence-corrected chi connectivity index (χ4v) is 2.93. The van der Waals surface area contributed by atoms with Crippen molar-refractivity contribution in [2.75, 3.05) is 158 Å². The summed E-state index contributed by atoms with van der Waals surface area (Å²) in [4.78, 5) is 68.6. The van der Waals surface area contributed by atoms with Gasteiger partial charge in [0.15, 0.2) is 0 Å². The Kier molecular flexibility index (Phi) is 256. The number of hydrogen-bond donors (Lipinski definition) is 3. The number of aliphatic hydroxyl groups is 3. The fourth-order valence-electron chi connectivity index (χ4n) is 2.93. The van der Waals surface area contributed by atoms with Crippen LogP contribution in [-0.4, -0.2) is 229 Å². The van der Waals surface area contributed by atoms with Crippen LogP contribution < -0.4 is 76.6 Å². The summed E-state index contributed by atoms with van der Waals surface area (Å²) in [6.07, 6.45) is 0. The number of nitrogens with zero attached hydrogens (tertiary/aromatic N) is 13. The molecule has 0 aliphatic heterocycles. The maximum atomic E-state index is 10.1. The molecule has 48 heteroatoms. The summed E-state index contributed by atoms with van der Waals surface area (Å²) in [5, 5.41) is 173. The zero-order valence-electron chi connectivity index (χ0n) is 55.2. The molecular formula is C48H93Fe8N13O27+3. The molecule has 5 radical (unpaired) electrons. The Hall–Kier alpha value is -1.85. The van der Waals surface area contributed by atoms with Crippen LogP contribution in [0.3, 0.4) is 0 Å². The van der Waals surface area contributed by atoms with Crippen molar-refractivity contribution >= 4 is 35.8 Å². The van der Waals surface area contributed by atoms with Gasteiger partial charge >= 0.3 is 137 Å². The topological polar surface area (TPSA) is 784 Å². The second-order valence-electron chi connectivity index (χ2n) is 17.0. The number of rotatable bonds is 30. The minimum Gasteiger partial charge on any atom is -2.00 e. The number of aliphatic carboxylic acids is 6. The number of carboxylic acids is 6. The van der Waals surface area contributed by atoms with Crippen LogP contribution in [0.4, 0.5) is 0 Å². The minimum atomic E-state index is -0.991. The second-order valence-corrected chi connectivity index (χ2v) is 17.0. The van der Waals surface area contributed by atoms with E-state index in [1.54, 1.807) is 103 Å². The standard InChI is InChI=1S/3C6H13NO3.C6H12NO3.6C4H8O2.8Fe.3N3.3O/c4*8-4-1-7(2-5-9)3-6-10;6*1-3(2)4(5)6;;;;;;;;;3*1-3-2;;;/h3*8H,1-6H2;1-6H2;6*3H,1-2H3,(H,5,6);;;;;;;;;;;;;;/q3*-2;-3;;;;;;;5*+3;3*+4;3*-1;3*-2/p-6. The van der Waals surface area contributed by atoms with E-state index in [0.717, 1.165) is 0 Å². The van der Waals surface area contributed by atoms with Crippen molar-refractivity contribution in [2.24, 2.45) is 35.5 Å². The van der Waals surface area contributed by atoms with Gasteiger partial charge in [0.2, 0.25) is 0 Å². The van der Waals surface area contributed by atoms with Crippen LogP contribution in [0.1, 0.15) is 83.1 Å². The van der Waals surface area contributed by atoms with Gasteiger partial charge < -0.3 is 190 Å².